The molecule has 1 aromatic carbocycles. The van der Waals surface area contributed by atoms with Crippen molar-refractivity contribution in [2.75, 3.05) is 18.0 Å². The van der Waals surface area contributed by atoms with Gasteiger partial charge in [0.05, 0.1) is 11.3 Å². The fraction of sp³-hybridized carbons (Fsp3) is 0.278. The van der Waals surface area contributed by atoms with Crippen LogP contribution in [-0.2, 0) is 4.79 Å². The molecule has 128 valence electrons. The second kappa shape index (κ2) is 6.40. The van der Waals surface area contributed by atoms with E-state index in [-0.39, 0.29) is 17.6 Å². The van der Waals surface area contributed by atoms with Crippen LogP contribution in [0.3, 0.4) is 0 Å². The van der Waals surface area contributed by atoms with E-state index >= 15 is 0 Å². The number of halogens is 1. The molecule has 1 fully saturated rings. The van der Waals surface area contributed by atoms with Gasteiger partial charge in [-0.15, -0.1) is 11.3 Å². The highest BCUT2D eigenvalue weighted by atomic mass is 32.1. The van der Waals surface area contributed by atoms with E-state index in [0.29, 0.717) is 6.54 Å². The summed E-state index contributed by atoms with van der Waals surface area (Å²) < 4.78 is 13.3. The van der Waals surface area contributed by atoms with Crippen molar-refractivity contribution in [3.05, 3.63) is 41.8 Å². The topological polar surface area (TPSA) is 72.1 Å². The zero-order chi connectivity index (χ0) is 17.4. The summed E-state index contributed by atoms with van der Waals surface area (Å²) in [5.41, 5.74) is 7.41. The monoisotopic (exact) mass is 356 g/mol. The minimum Gasteiger partial charge on any atom is -0.369 e. The Hall–Kier alpha value is -2.54. The summed E-state index contributed by atoms with van der Waals surface area (Å²) in [6.07, 6.45) is 3.26. The van der Waals surface area contributed by atoms with Crippen LogP contribution in [0, 0.1) is 11.7 Å². The van der Waals surface area contributed by atoms with Gasteiger partial charge in [-0.25, -0.2) is 14.4 Å². The number of hydrogen-bond acceptors (Lipinski definition) is 5. The number of primary amides is 1. The third kappa shape index (κ3) is 2.95. The van der Waals surface area contributed by atoms with Crippen LogP contribution < -0.4 is 10.6 Å². The summed E-state index contributed by atoms with van der Waals surface area (Å²) in [6.45, 7) is 1.40. The molecule has 1 aliphatic heterocycles. The number of rotatable bonds is 3. The number of aromatic nitrogens is 2. The van der Waals surface area contributed by atoms with Gasteiger partial charge in [0.15, 0.2) is 0 Å². The molecule has 0 spiro atoms. The number of carbonyl (C=O) groups excluding carboxylic acids is 1. The Labute approximate surface area is 148 Å². The standard InChI is InChI=1S/C18H17FN4OS/c19-13-5-3-11(4-6-13)14-9-25-18-15(14)17(21-10-22-18)23-7-1-2-12(8-23)16(20)24/h3-6,9-10,12H,1-2,7-8H2,(H2,20,24)/t12-/m0/s1. The molecule has 7 heteroatoms. The van der Waals surface area contributed by atoms with Crippen LogP contribution in [-0.4, -0.2) is 29.0 Å². The molecule has 0 unspecified atom stereocenters. The van der Waals surface area contributed by atoms with Crippen LogP contribution in [0.4, 0.5) is 10.2 Å². The normalized spacial score (nSPS) is 17.8. The van der Waals surface area contributed by atoms with Crippen molar-refractivity contribution in [3.8, 4) is 11.1 Å². The molecule has 5 nitrogen and oxygen atoms in total. The van der Waals surface area contributed by atoms with Gasteiger partial charge in [0.2, 0.25) is 5.91 Å². The van der Waals surface area contributed by atoms with Gasteiger partial charge in [0.25, 0.3) is 0 Å². The molecule has 1 amide bonds. The molecule has 3 heterocycles. The zero-order valence-electron chi connectivity index (χ0n) is 13.5. The molecule has 1 saturated heterocycles. The van der Waals surface area contributed by atoms with Crippen molar-refractivity contribution >= 4 is 33.3 Å². The van der Waals surface area contributed by atoms with Gasteiger partial charge >= 0.3 is 0 Å². The summed E-state index contributed by atoms with van der Waals surface area (Å²) in [7, 11) is 0. The average Bonchev–Trinajstić information content (AvgIpc) is 3.06. The predicted octanol–water partition coefficient (Wildman–Crippen LogP) is 3.20. The van der Waals surface area contributed by atoms with Crippen molar-refractivity contribution in [2.24, 2.45) is 11.7 Å². The molecule has 0 saturated carbocycles. The lowest BCUT2D eigenvalue weighted by molar-refractivity contribution is -0.122. The van der Waals surface area contributed by atoms with Gasteiger partial charge < -0.3 is 10.6 Å². The lowest BCUT2D eigenvalue weighted by Gasteiger charge is -2.32. The molecular formula is C18H17FN4OS. The fourth-order valence-electron chi connectivity index (χ4n) is 3.34. The highest BCUT2D eigenvalue weighted by molar-refractivity contribution is 7.17. The molecule has 3 aromatic rings. The first-order valence-corrected chi connectivity index (χ1v) is 9.04. The molecule has 0 radical (unpaired) electrons. The van der Waals surface area contributed by atoms with Gasteiger partial charge in [-0.05, 0) is 30.5 Å². The number of fused-ring (bicyclic) bond motifs is 1. The highest BCUT2D eigenvalue weighted by Crippen LogP contribution is 2.38. The van der Waals surface area contributed by atoms with Crippen LogP contribution >= 0.6 is 11.3 Å². The number of thiophene rings is 1. The SMILES string of the molecule is NC(=O)[C@H]1CCCN(c2ncnc3scc(-c4ccc(F)cc4)c23)C1. The Morgan fingerprint density at radius 1 is 1.28 bits per heavy atom. The van der Waals surface area contributed by atoms with E-state index in [9.17, 15) is 9.18 Å². The summed E-state index contributed by atoms with van der Waals surface area (Å²) in [4.78, 5) is 23.5. The Kier molecular flexibility index (Phi) is 4.09. The summed E-state index contributed by atoms with van der Waals surface area (Å²) in [5.74, 6) is 0.127. The number of benzene rings is 1. The van der Waals surface area contributed by atoms with Crippen LogP contribution in [0.2, 0.25) is 0 Å². The van der Waals surface area contributed by atoms with Gasteiger partial charge in [0.1, 0.15) is 22.8 Å². The van der Waals surface area contributed by atoms with E-state index < -0.39 is 0 Å². The number of nitrogens with two attached hydrogens (primary N) is 1. The van der Waals surface area contributed by atoms with Crippen LogP contribution in [0.5, 0.6) is 0 Å². The number of carbonyl (C=O) groups is 1. The van der Waals surface area contributed by atoms with Gasteiger partial charge in [-0.1, -0.05) is 12.1 Å². The van der Waals surface area contributed by atoms with Gasteiger partial charge in [0, 0.05) is 24.0 Å². The molecule has 4 rings (SSSR count). The minimum atomic E-state index is -0.265. The molecule has 2 aromatic heterocycles. The van der Waals surface area contributed by atoms with E-state index in [1.165, 1.54) is 23.5 Å². The Morgan fingerprint density at radius 2 is 2.08 bits per heavy atom. The van der Waals surface area contributed by atoms with Gasteiger partial charge in [-0.3, -0.25) is 4.79 Å². The Morgan fingerprint density at radius 3 is 2.84 bits per heavy atom. The number of amides is 1. The molecule has 2 N–H and O–H groups in total. The number of nitrogens with zero attached hydrogens (tertiary/aromatic N) is 3. The van der Waals surface area contributed by atoms with E-state index in [0.717, 1.165) is 46.5 Å². The molecule has 1 aliphatic rings. The Bertz CT molecular complexity index is 924. The predicted molar refractivity (Wildman–Crippen MR) is 96.9 cm³/mol. The molecular weight excluding hydrogens is 339 g/mol. The Balaban J connectivity index is 1.80. The fourth-order valence-corrected chi connectivity index (χ4v) is 4.25. The van der Waals surface area contributed by atoms with E-state index in [4.69, 9.17) is 5.73 Å². The van der Waals surface area contributed by atoms with E-state index in [1.807, 2.05) is 5.38 Å². The smallest absolute Gasteiger partial charge is 0.222 e. The summed E-state index contributed by atoms with van der Waals surface area (Å²) in [6, 6.07) is 6.42. The minimum absolute atomic E-state index is 0.160. The second-order valence-electron chi connectivity index (χ2n) is 6.22. The number of hydrogen-bond donors (Lipinski definition) is 1. The lowest BCUT2D eigenvalue weighted by Crippen LogP contribution is -2.41. The second-order valence-corrected chi connectivity index (χ2v) is 7.08. The maximum atomic E-state index is 13.3. The molecule has 25 heavy (non-hydrogen) atoms. The zero-order valence-corrected chi connectivity index (χ0v) is 14.3. The number of anilines is 1. The first kappa shape index (κ1) is 16.0. The third-order valence-electron chi connectivity index (χ3n) is 4.63. The first-order chi connectivity index (χ1) is 12.1. The van der Waals surface area contributed by atoms with Crippen molar-refractivity contribution in [3.63, 3.8) is 0 Å². The summed E-state index contributed by atoms with van der Waals surface area (Å²) >= 11 is 1.54. The summed E-state index contributed by atoms with van der Waals surface area (Å²) in [5, 5.41) is 2.97. The largest absolute Gasteiger partial charge is 0.369 e. The quantitative estimate of drug-likeness (QED) is 0.782. The lowest BCUT2D eigenvalue weighted by atomic mass is 9.97. The maximum absolute atomic E-state index is 13.3. The third-order valence-corrected chi connectivity index (χ3v) is 5.52. The van der Waals surface area contributed by atoms with Crippen molar-refractivity contribution in [1.29, 1.82) is 0 Å². The average molecular weight is 356 g/mol. The van der Waals surface area contributed by atoms with Crippen LogP contribution in [0.15, 0.2) is 36.0 Å². The van der Waals surface area contributed by atoms with Crippen LogP contribution in [0.1, 0.15) is 12.8 Å². The maximum Gasteiger partial charge on any atom is 0.222 e. The van der Waals surface area contributed by atoms with Gasteiger partial charge in [-0.2, -0.15) is 0 Å². The van der Waals surface area contributed by atoms with Crippen LogP contribution in [0.25, 0.3) is 21.3 Å². The van der Waals surface area contributed by atoms with Crippen molar-refractivity contribution in [2.45, 2.75) is 12.8 Å². The van der Waals surface area contributed by atoms with E-state index in [1.54, 1.807) is 18.5 Å². The van der Waals surface area contributed by atoms with Crippen molar-refractivity contribution in [1.82, 2.24) is 9.97 Å². The van der Waals surface area contributed by atoms with Crippen molar-refractivity contribution < 1.29 is 9.18 Å². The molecule has 0 bridgehead atoms. The molecule has 0 aliphatic carbocycles. The first-order valence-electron chi connectivity index (χ1n) is 8.16. The molecule has 1 atom stereocenters. The number of piperidine rings is 1. The van der Waals surface area contributed by atoms with E-state index in [2.05, 4.69) is 14.9 Å². The highest BCUT2D eigenvalue weighted by Gasteiger charge is 2.27.